The van der Waals surface area contributed by atoms with Crippen molar-refractivity contribution in [3.05, 3.63) is 35.2 Å². The molecule has 0 amide bonds. The Kier molecular flexibility index (Phi) is 3.06. The Balaban J connectivity index is 3.53. The van der Waals surface area contributed by atoms with Crippen LogP contribution in [0.4, 0.5) is 5.69 Å². The zero-order valence-corrected chi connectivity index (χ0v) is 9.75. The van der Waals surface area contributed by atoms with E-state index in [0.717, 1.165) is 0 Å². The van der Waals surface area contributed by atoms with E-state index in [9.17, 15) is 13.5 Å². The lowest BCUT2D eigenvalue weighted by Gasteiger charge is -2.18. The molecule has 0 bridgehead atoms. The zero-order valence-electron chi connectivity index (χ0n) is 8.93. The van der Waals surface area contributed by atoms with Gasteiger partial charge >= 0.3 is 0 Å². The lowest BCUT2D eigenvalue weighted by Crippen LogP contribution is -2.18. The van der Waals surface area contributed by atoms with E-state index in [2.05, 4.69) is 4.85 Å². The van der Waals surface area contributed by atoms with Crippen LogP contribution in [0.1, 0.15) is 19.4 Å². The van der Waals surface area contributed by atoms with Crippen molar-refractivity contribution in [2.45, 2.75) is 24.3 Å². The highest BCUT2D eigenvalue weighted by atomic mass is 32.2. The number of aliphatic hydroxyl groups is 1. The van der Waals surface area contributed by atoms with Gasteiger partial charge < -0.3 is 5.11 Å². The Bertz CT molecular complexity index is 550. The smallest absolute Gasteiger partial charge is 0.236 e. The van der Waals surface area contributed by atoms with Crippen LogP contribution in [0.3, 0.4) is 0 Å². The fourth-order valence-corrected chi connectivity index (χ4v) is 1.74. The summed E-state index contributed by atoms with van der Waals surface area (Å²) in [5, 5.41) is 14.7. The minimum absolute atomic E-state index is 0.128. The summed E-state index contributed by atoms with van der Waals surface area (Å²) in [5.74, 6) is 0. The van der Waals surface area contributed by atoms with Gasteiger partial charge in [0, 0.05) is 0 Å². The number of nitrogens with zero attached hydrogens (tertiary/aromatic N) is 1. The van der Waals surface area contributed by atoms with Gasteiger partial charge in [0.1, 0.15) is 0 Å². The van der Waals surface area contributed by atoms with Crippen molar-refractivity contribution in [2.24, 2.45) is 5.14 Å². The van der Waals surface area contributed by atoms with Crippen LogP contribution in [-0.2, 0) is 15.6 Å². The molecule has 0 heterocycles. The highest BCUT2D eigenvalue weighted by Gasteiger charge is 2.20. The van der Waals surface area contributed by atoms with E-state index in [1.54, 1.807) is 0 Å². The van der Waals surface area contributed by atoms with Gasteiger partial charge in [-0.15, -0.1) is 0 Å². The van der Waals surface area contributed by atoms with Crippen molar-refractivity contribution < 1.29 is 13.5 Å². The second kappa shape index (κ2) is 3.87. The average molecular weight is 240 g/mol. The Morgan fingerprint density at radius 3 is 2.31 bits per heavy atom. The van der Waals surface area contributed by atoms with Crippen molar-refractivity contribution in [1.82, 2.24) is 0 Å². The number of benzene rings is 1. The summed E-state index contributed by atoms with van der Waals surface area (Å²) in [7, 11) is -3.87. The first-order chi connectivity index (χ1) is 7.14. The first-order valence-electron chi connectivity index (χ1n) is 4.43. The minimum atomic E-state index is -3.87. The molecule has 1 aromatic carbocycles. The van der Waals surface area contributed by atoms with Gasteiger partial charge in [-0.05, 0) is 31.5 Å². The number of hydrogen-bond acceptors (Lipinski definition) is 3. The SMILES string of the molecule is [C-]#[N+]c1cc(C(C)(C)O)cc(S(N)(=O)=O)c1. The molecule has 0 saturated heterocycles. The third kappa shape index (κ3) is 2.79. The van der Waals surface area contributed by atoms with E-state index in [4.69, 9.17) is 11.7 Å². The Hall–Kier alpha value is -1.42. The van der Waals surface area contributed by atoms with Crippen molar-refractivity contribution in [1.29, 1.82) is 0 Å². The molecular formula is C10H12N2O3S. The first-order valence-corrected chi connectivity index (χ1v) is 5.97. The van der Waals surface area contributed by atoms with Crippen molar-refractivity contribution in [3.63, 3.8) is 0 Å². The molecule has 0 aromatic heterocycles. The summed E-state index contributed by atoms with van der Waals surface area (Å²) in [6.07, 6.45) is 0. The highest BCUT2D eigenvalue weighted by molar-refractivity contribution is 7.89. The van der Waals surface area contributed by atoms with E-state index in [0.29, 0.717) is 5.56 Å². The van der Waals surface area contributed by atoms with Crippen LogP contribution < -0.4 is 5.14 Å². The highest BCUT2D eigenvalue weighted by Crippen LogP contribution is 2.27. The second-order valence-corrected chi connectivity index (χ2v) is 5.49. The van der Waals surface area contributed by atoms with E-state index in [1.807, 2.05) is 0 Å². The Morgan fingerprint density at radius 2 is 1.94 bits per heavy atom. The molecule has 0 spiro atoms. The maximum atomic E-state index is 11.2. The number of rotatable bonds is 2. The van der Waals surface area contributed by atoms with Crippen LogP contribution in [0.15, 0.2) is 23.1 Å². The molecular weight excluding hydrogens is 228 g/mol. The van der Waals surface area contributed by atoms with E-state index >= 15 is 0 Å². The minimum Gasteiger partial charge on any atom is -0.386 e. The van der Waals surface area contributed by atoms with Crippen LogP contribution in [-0.4, -0.2) is 13.5 Å². The quantitative estimate of drug-likeness (QED) is 0.759. The standard InChI is InChI=1S/C10H12N2O3S/c1-10(2,13)7-4-8(12-3)6-9(5-7)16(11,14)15/h4-6,13H,1-2H3,(H2,11,14,15). The zero-order chi connectivity index (χ0) is 12.6. The van der Waals surface area contributed by atoms with Gasteiger partial charge in [-0.1, -0.05) is 6.07 Å². The summed E-state index contributed by atoms with van der Waals surface area (Å²) in [6.45, 7) is 9.86. The lowest BCUT2D eigenvalue weighted by atomic mass is 9.98. The third-order valence-corrected chi connectivity index (χ3v) is 2.95. The van der Waals surface area contributed by atoms with E-state index in [-0.39, 0.29) is 10.6 Å². The van der Waals surface area contributed by atoms with Crippen molar-refractivity contribution in [2.75, 3.05) is 0 Å². The van der Waals surface area contributed by atoms with E-state index < -0.39 is 15.6 Å². The summed E-state index contributed by atoms with van der Waals surface area (Å²) in [5.41, 5.74) is -0.756. The molecule has 0 radical (unpaired) electrons. The average Bonchev–Trinajstić information content (AvgIpc) is 2.14. The molecule has 3 N–H and O–H groups in total. The van der Waals surface area contributed by atoms with Crippen molar-refractivity contribution >= 4 is 15.7 Å². The number of hydrogen-bond donors (Lipinski definition) is 2. The van der Waals surface area contributed by atoms with Gasteiger partial charge in [-0.3, -0.25) is 0 Å². The summed E-state index contributed by atoms with van der Waals surface area (Å²) >= 11 is 0. The van der Waals surface area contributed by atoms with Gasteiger partial charge in [0.15, 0.2) is 5.69 Å². The molecule has 1 aromatic rings. The Morgan fingerprint density at radius 1 is 1.38 bits per heavy atom. The second-order valence-electron chi connectivity index (χ2n) is 3.93. The maximum absolute atomic E-state index is 11.2. The summed E-state index contributed by atoms with van der Waals surface area (Å²) < 4.78 is 22.3. The molecule has 0 aliphatic rings. The van der Waals surface area contributed by atoms with Gasteiger partial charge in [0.2, 0.25) is 10.0 Å². The molecule has 0 atom stereocenters. The van der Waals surface area contributed by atoms with Crippen molar-refractivity contribution in [3.8, 4) is 0 Å². The monoisotopic (exact) mass is 240 g/mol. The molecule has 0 aliphatic carbocycles. The number of sulfonamides is 1. The van der Waals surface area contributed by atoms with Crippen LogP contribution in [0.25, 0.3) is 4.85 Å². The predicted molar refractivity (Wildman–Crippen MR) is 59.3 cm³/mol. The molecule has 1 rings (SSSR count). The van der Waals surface area contributed by atoms with Gasteiger partial charge in [0.05, 0.1) is 17.1 Å². The normalized spacial score (nSPS) is 12.2. The van der Waals surface area contributed by atoms with Crippen LogP contribution in [0.5, 0.6) is 0 Å². The third-order valence-electron chi connectivity index (χ3n) is 2.06. The van der Waals surface area contributed by atoms with Gasteiger partial charge in [-0.2, -0.15) is 0 Å². The molecule has 0 aliphatic heterocycles. The maximum Gasteiger partial charge on any atom is 0.236 e. The number of nitrogens with two attached hydrogens (primary N) is 1. The Labute approximate surface area is 94.4 Å². The molecule has 6 heteroatoms. The lowest BCUT2D eigenvalue weighted by molar-refractivity contribution is 0.0784. The van der Waals surface area contributed by atoms with E-state index in [1.165, 1.54) is 32.0 Å². The van der Waals surface area contributed by atoms with Crippen LogP contribution >= 0.6 is 0 Å². The number of primary sulfonamides is 1. The topological polar surface area (TPSA) is 84.8 Å². The fourth-order valence-electron chi connectivity index (χ4n) is 1.17. The first kappa shape index (κ1) is 12.6. The largest absolute Gasteiger partial charge is 0.386 e. The molecule has 0 saturated carbocycles. The summed E-state index contributed by atoms with van der Waals surface area (Å²) in [4.78, 5) is 2.97. The molecule has 0 fully saturated rings. The molecule has 0 unspecified atom stereocenters. The summed E-state index contributed by atoms with van der Waals surface area (Å²) in [6, 6.07) is 3.88. The molecule has 16 heavy (non-hydrogen) atoms. The van der Waals surface area contributed by atoms with Crippen LogP contribution in [0.2, 0.25) is 0 Å². The van der Waals surface area contributed by atoms with Gasteiger partial charge in [0.25, 0.3) is 0 Å². The van der Waals surface area contributed by atoms with Crippen LogP contribution in [0, 0.1) is 6.57 Å². The molecule has 86 valence electrons. The predicted octanol–water partition coefficient (Wildman–Crippen LogP) is 1.11. The van der Waals surface area contributed by atoms with Gasteiger partial charge in [-0.25, -0.2) is 18.4 Å². The molecule has 5 nitrogen and oxygen atoms in total. The fraction of sp³-hybridized carbons (Fsp3) is 0.300.